The molecule has 1 N–H and O–H groups in total. The molecule has 0 spiro atoms. The number of esters is 1. The lowest BCUT2D eigenvalue weighted by molar-refractivity contribution is -0.387. The first-order valence-electron chi connectivity index (χ1n) is 8.19. The van der Waals surface area contributed by atoms with E-state index in [4.69, 9.17) is 16.3 Å². The minimum absolute atomic E-state index is 0.248. The van der Waals surface area contributed by atoms with E-state index in [1.54, 1.807) is 31.2 Å². The summed E-state index contributed by atoms with van der Waals surface area (Å²) in [5.41, 5.74) is -0.202. The minimum Gasteiger partial charge on any atom is -0.452 e. The Hall–Kier alpha value is -2.98. The summed E-state index contributed by atoms with van der Waals surface area (Å²) in [5, 5.41) is 14.3. The fraction of sp³-hybridized carbons (Fsp3) is 0.222. The highest BCUT2D eigenvalue weighted by atomic mass is 35.5. The Labute approximate surface area is 171 Å². The van der Waals surface area contributed by atoms with Gasteiger partial charge in [-0.05, 0) is 36.8 Å². The highest BCUT2D eigenvalue weighted by molar-refractivity contribution is 7.90. The summed E-state index contributed by atoms with van der Waals surface area (Å²) in [6.07, 6.45) is 0.819. The maximum Gasteiger partial charge on any atom is 0.338 e. The monoisotopic (exact) mass is 440 g/mol. The van der Waals surface area contributed by atoms with Crippen LogP contribution in [0.15, 0.2) is 47.4 Å². The molecular weight excluding hydrogens is 424 g/mol. The molecule has 0 saturated carbocycles. The largest absolute Gasteiger partial charge is 0.452 e. The molecule has 2 aromatic rings. The van der Waals surface area contributed by atoms with E-state index in [-0.39, 0.29) is 11.6 Å². The normalized spacial score (nSPS) is 12.1. The molecule has 9 nitrogen and oxygen atoms in total. The average molecular weight is 441 g/mol. The third kappa shape index (κ3) is 6.00. The van der Waals surface area contributed by atoms with Gasteiger partial charge in [-0.1, -0.05) is 23.7 Å². The van der Waals surface area contributed by atoms with Crippen molar-refractivity contribution in [3.05, 3.63) is 68.7 Å². The summed E-state index contributed by atoms with van der Waals surface area (Å²) in [5.74, 6) is -1.58. The summed E-state index contributed by atoms with van der Waals surface area (Å²) in [6.45, 7) is 1.12. The number of benzene rings is 2. The average Bonchev–Trinajstić information content (AvgIpc) is 2.65. The van der Waals surface area contributed by atoms with E-state index < -0.39 is 43.8 Å². The first-order chi connectivity index (χ1) is 13.5. The Morgan fingerprint density at radius 1 is 1.21 bits per heavy atom. The third-order valence-corrected chi connectivity index (χ3v) is 5.27. The van der Waals surface area contributed by atoms with Gasteiger partial charge in [0.25, 0.3) is 11.6 Å². The molecule has 0 aliphatic carbocycles. The summed E-state index contributed by atoms with van der Waals surface area (Å²) in [6, 6.07) is 9.29. The van der Waals surface area contributed by atoms with E-state index in [0.29, 0.717) is 5.02 Å². The molecule has 2 rings (SSSR count). The summed E-state index contributed by atoms with van der Waals surface area (Å²) >= 11 is 5.81. The van der Waals surface area contributed by atoms with Crippen molar-refractivity contribution in [2.45, 2.75) is 17.9 Å². The molecule has 0 heterocycles. The smallest absolute Gasteiger partial charge is 0.338 e. The molecule has 0 saturated heterocycles. The van der Waals surface area contributed by atoms with Gasteiger partial charge in [-0.25, -0.2) is 13.2 Å². The Morgan fingerprint density at radius 2 is 1.83 bits per heavy atom. The van der Waals surface area contributed by atoms with Crippen LogP contribution in [0.5, 0.6) is 0 Å². The number of sulfone groups is 1. The third-order valence-electron chi connectivity index (χ3n) is 3.87. The van der Waals surface area contributed by atoms with Crippen LogP contribution in [0.3, 0.4) is 0 Å². The van der Waals surface area contributed by atoms with E-state index in [1.165, 1.54) is 0 Å². The van der Waals surface area contributed by atoms with Gasteiger partial charge in [-0.15, -0.1) is 0 Å². The number of hydrogen-bond acceptors (Lipinski definition) is 7. The van der Waals surface area contributed by atoms with Crippen LogP contribution in [-0.4, -0.2) is 38.1 Å². The van der Waals surface area contributed by atoms with E-state index in [0.717, 1.165) is 30.0 Å². The van der Waals surface area contributed by atoms with Crippen LogP contribution in [0, 0.1) is 10.1 Å². The number of hydrogen-bond donors (Lipinski definition) is 1. The van der Waals surface area contributed by atoms with Gasteiger partial charge < -0.3 is 10.1 Å². The van der Waals surface area contributed by atoms with Gasteiger partial charge in [0.2, 0.25) is 0 Å². The standard InChI is InChI=1S/C18H17ClN2O7S/c1-11(12-3-6-14(19)7-4-12)20-17(22)10-28-18(23)13-5-8-16(29(2,26)27)15(9-13)21(24)25/h3-9,11H,10H2,1-2H3,(H,20,22). The van der Waals surface area contributed by atoms with Crippen molar-refractivity contribution in [2.24, 2.45) is 0 Å². The maximum absolute atomic E-state index is 12.1. The first-order valence-corrected chi connectivity index (χ1v) is 10.5. The number of nitro groups is 1. The number of rotatable bonds is 7. The number of ether oxygens (including phenoxy) is 1. The molecule has 11 heteroatoms. The molecule has 0 bridgehead atoms. The summed E-state index contributed by atoms with van der Waals surface area (Å²) in [7, 11) is -3.86. The van der Waals surface area contributed by atoms with Gasteiger partial charge in [-0.3, -0.25) is 14.9 Å². The van der Waals surface area contributed by atoms with Crippen LogP contribution in [0.2, 0.25) is 5.02 Å². The Bertz CT molecular complexity index is 1050. The lowest BCUT2D eigenvalue weighted by Crippen LogP contribution is -2.31. The zero-order valence-electron chi connectivity index (χ0n) is 15.4. The van der Waals surface area contributed by atoms with Gasteiger partial charge in [0.15, 0.2) is 16.4 Å². The Balaban J connectivity index is 2.03. The summed E-state index contributed by atoms with van der Waals surface area (Å²) in [4.78, 5) is 33.8. The highest BCUT2D eigenvalue weighted by Crippen LogP contribution is 2.25. The topological polar surface area (TPSA) is 133 Å². The van der Waals surface area contributed by atoms with Gasteiger partial charge in [0.05, 0.1) is 16.5 Å². The molecule has 2 aromatic carbocycles. The SMILES string of the molecule is CC(NC(=O)COC(=O)c1ccc(S(C)(=O)=O)c([N+](=O)[O-])c1)c1ccc(Cl)cc1. The molecule has 0 aromatic heterocycles. The molecule has 29 heavy (non-hydrogen) atoms. The van der Waals surface area contributed by atoms with Crippen LogP contribution in [0.25, 0.3) is 0 Å². The van der Waals surface area contributed by atoms with Gasteiger partial charge in [-0.2, -0.15) is 0 Å². The van der Waals surface area contributed by atoms with E-state index >= 15 is 0 Å². The number of carbonyl (C=O) groups excluding carboxylic acids is 2. The van der Waals surface area contributed by atoms with Crippen LogP contribution in [0.1, 0.15) is 28.9 Å². The van der Waals surface area contributed by atoms with E-state index in [9.17, 15) is 28.1 Å². The number of nitro benzene ring substituents is 1. The van der Waals surface area contributed by atoms with Crippen LogP contribution < -0.4 is 5.32 Å². The van der Waals surface area contributed by atoms with Crippen molar-refractivity contribution < 1.29 is 27.7 Å². The molecule has 154 valence electrons. The number of nitrogens with one attached hydrogen (secondary N) is 1. The molecule has 1 atom stereocenters. The second-order valence-corrected chi connectivity index (χ2v) is 8.55. The highest BCUT2D eigenvalue weighted by Gasteiger charge is 2.24. The van der Waals surface area contributed by atoms with Crippen molar-refractivity contribution >= 4 is 39.0 Å². The number of amides is 1. The van der Waals surface area contributed by atoms with Gasteiger partial charge in [0, 0.05) is 17.3 Å². The zero-order valence-corrected chi connectivity index (χ0v) is 17.0. The lowest BCUT2D eigenvalue weighted by atomic mass is 10.1. The summed E-state index contributed by atoms with van der Waals surface area (Å²) < 4.78 is 28.1. The second kappa shape index (κ2) is 9.01. The lowest BCUT2D eigenvalue weighted by Gasteiger charge is -2.14. The van der Waals surface area contributed by atoms with Crippen molar-refractivity contribution in [3.8, 4) is 0 Å². The second-order valence-electron chi connectivity index (χ2n) is 6.13. The number of halogens is 1. The maximum atomic E-state index is 12.1. The number of nitrogens with zero attached hydrogens (tertiary/aromatic N) is 1. The quantitative estimate of drug-likeness (QED) is 0.397. The van der Waals surface area contributed by atoms with Gasteiger partial charge >= 0.3 is 5.97 Å². The van der Waals surface area contributed by atoms with Crippen molar-refractivity contribution in [2.75, 3.05) is 12.9 Å². The predicted octanol–water partition coefficient (Wildman–Crippen LogP) is 2.69. The van der Waals surface area contributed by atoms with Gasteiger partial charge in [0.1, 0.15) is 4.90 Å². The first kappa shape index (κ1) is 22.3. The molecular formula is C18H17ClN2O7S. The molecule has 0 fully saturated rings. The minimum atomic E-state index is -3.86. The predicted molar refractivity (Wildman–Crippen MR) is 104 cm³/mol. The molecule has 0 radical (unpaired) electrons. The van der Waals surface area contributed by atoms with Crippen LogP contribution >= 0.6 is 11.6 Å². The Morgan fingerprint density at radius 3 is 2.38 bits per heavy atom. The molecule has 1 unspecified atom stereocenters. The molecule has 0 aliphatic rings. The van der Waals surface area contributed by atoms with Crippen molar-refractivity contribution in [3.63, 3.8) is 0 Å². The zero-order chi connectivity index (χ0) is 21.8. The fourth-order valence-electron chi connectivity index (χ4n) is 2.43. The van der Waals surface area contributed by atoms with E-state index in [2.05, 4.69) is 5.32 Å². The number of carbonyl (C=O) groups is 2. The molecule has 1 amide bonds. The Kier molecular flexibility index (Phi) is 6.93. The molecule has 0 aliphatic heterocycles. The fourth-order valence-corrected chi connectivity index (χ4v) is 3.39. The van der Waals surface area contributed by atoms with Crippen LogP contribution in [0.4, 0.5) is 5.69 Å². The van der Waals surface area contributed by atoms with E-state index in [1.807, 2.05) is 0 Å². The van der Waals surface area contributed by atoms with Crippen LogP contribution in [-0.2, 0) is 19.4 Å². The van der Waals surface area contributed by atoms with Crippen molar-refractivity contribution in [1.82, 2.24) is 5.32 Å². The van der Waals surface area contributed by atoms with Crippen molar-refractivity contribution in [1.29, 1.82) is 0 Å².